The number of carbonyl (C=O) groups excluding carboxylic acids is 1. The maximum Gasteiger partial charge on any atom is 0.256 e. The van der Waals surface area contributed by atoms with E-state index in [1.165, 1.54) is 15.3 Å². The van der Waals surface area contributed by atoms with Crippen LogP contribution in [0, 0.1) is 5.82 Å². The molecular weight excluding hydrogens is 439 g/mol. The number of sulfonamides is 1. The summed E-state index contributed by atoms with van der Waals surface area (Å²) in [4.78, 5) is 14.4. The van der Waals surface area contributed by atoms with Crippen LogP contribution < -0.4 is 9.47 Å². The lowest BCUT2D eigenvalue weighted by Gasteiger charge is -2.31. The van der Waals surface area contributed by atoms with Crippen LogP contribution in [0.1, 0.15) is 17.3 Å². The number of para-hydroxylation sites is 2. The molecule has 2 aromatic carbocycles. The monoisotopic (exact) mass is 464 g/mol. The Bertz CT molecular complexity index is 1090. The van der Waals surface area contributed by atoms with Gasteiger partial charge in [-0.15, -0.1) is 0 Å². The van der Waals surface area contributed by atoms with E-state index < -0.39 is 27.9 Å². The molecule has 0 saturated carbocycles. The highest BCUT2D eigenvalue weighted by atomic mass is 32.2. The van der Waals surface area contributed by atoms with Crippen LogP contribution >= 0.6 is 0 Å². The van der Waals surface area contributed by atoms with Crippen LogP contribution in [0.5, 0.6) is 11.5 Å². The standard InChI is InChI=1S/C22H25FN2O6S/c1-2-24(14-16-15-30-20-5-3-4-6-21(20)31-16)22(26)18-13-17(7-8-19(18)23)32(27,28)25-9-11-29-12-10-25/h3-8,13,16H,2,9-12,14-15H2,1H3. The fourth-order valence-corrected chi connectivity index (χ4v) is 5.12. The summed E-state index contributed by atoms with van der Waals surface area (Å²) in [5.74, 6) is -0.172. The summed E-state index contributed by atoms with van der Waals surface area (Å²) in [7, 11) is -3.86. The molecular formula is C22H25FN2O6S. The van der Waals surface area contributed by atoms with Crippen LogP contribution in [-0.4, -0.2) is 75.6 Å². The molecule has 32 heavy (non-hydrogen) atoms. The number of ether oxygens (including phenoxy) is 3. The van der Waals surface area contributed by atoms with Crippen molar-refractivity contribution in [3.63, 3.8) is 0 Å². The van der Waals surface area contributed by atoms with Gasteiger partial charge in [-0.25, -0.2) is 12.8 Å². The average Bonchev–Trinajstić information content (AvgIpc) is 2.82. The van der Waals surface area contributed by atoms with Crippen molar-refractivity contribution in [1.82, 2.24) is 9.21 Å². The van der Waals surface area contributed by atoms with E-state index in [0.717, 1.165) is 12.1 Å². The third-order valence-electron chi connectivity index (χ3n) is 5.44. The number of amides is 1. The van der Waals surface area contributed by atoms with Gasteiger partial charge in [-0.3, -0.25) is 4.79 Å². The summed E-state index contributed by atoms with van der Waals surface area (Å²) in [6.45, 7) is 3.49. The van der Waals surface area contributed by atoms with E-state index in [0.29, 0.717) is 31.3 Å². The van der Waals surface area contributed by atoms with Gasteiger partial charge in [0, 0.05) is 19.6 Å². The molecule has 2 aliphatic rings. The first-order chi connectivity index (χ1) is 15.4. The second-order valence-electron chi connectivity index (χ2n) is 7.50. The maximum atomic E-state index is 14.6. The largest absolute Gasteiger partial charge is 0.486 e. The number of nitrogens with zero attached hydrogens (tertiary/aromatic N) is 2. The van der Waals surface area contributed by atoms with E-state index in [1.807, 2.05) is 12.1 Å². The SMILES string of the molecule is CCN(CC1COc2ccccc2O1)C(=O)c1cc(S(=O)(=O)N2CCOCC2)ccc1F. The number of hydrogen-bond donors (Lipinski definition) is 0. The topological polar surface area (TPSA) is 85.4 Å². The number of fused-ring (bicyclic) bond motifs is 1. The van der Waals surface area contributed by atoms with Crippen LogP contribution in [-0.2, 0) is 14.8 Å². The molecule has 10 heteroatoms. The van der Waals surface area contributed by atoms with Crippen LogP contribution in [0.4, 0.5) is 4.39 Å². The second kappa shape index (κ2) is 9.43. The molecule has 4 rings (SSSR count). The molecule has 8 nitrogen and oxygen atoms in total. The zero-order valence-electron chi connectivity index (χ0n) is 17.7. The molecule has 1 atom stereocenters. The molecule has 0 bridgehead atoms. The van der Waals surface area contributed by atoms with Crippen LogP contribution in [0.3, 0.4) is 0 Å². The summed E-state index contributed by atoms with van der Waals surface area (Å²) in [5, 5.41) is 0. The lowest BCUT2D eigenvalue weighted by atomic mass is 10.1. The number of morpholine rings is 1. The van der Waals surface area contributed by atoms with Crippen molar-refractivity contribution < 1.29 is 31.8 Å². The Hall–Kier alpha value is -2.69. The zero-order valence-corrected chi connectivity index (χ0v) is 18.5. The highest BCUT2D eigenvalue weighted by Gasteiger charge is 2.30. The average molecular weight is 465 g/mol. The van der Waals surface area contributed by atoms with Crippen LogP contribution in [0.2, 0.25) is 0 Å². The van der Waals surface area contributed by atoms with Gasteiger partial charge in [0.15, 0.2) is 17.6 Å². The van der Waals surface area contributed by atoms with Gasteiger partial charge in [-0.2, -0.15) is 4.31 Å². The quantitative estimate of drug-likeness (QED) is 0.651. The van der Waals surface area contributed by atoms with Gasteiger partial charge in [0.2, 0.25) is 10.0 Å². The third kappa shape index (κ3) is 4.57. The predicted octanol–water partition coefficient (Wildman–Crippen LogP) is 2.15. The van der Waals surface area contributed by atoms with E-state index in [1.54, 1.807) is 19.1 Å². The molecule has 172 valence electrons. The van der Waals surface area contributed by atoms with Gasteiger partial charge in [-0.1, -0.05) is 12.1 Å². The normalized spacial score (nSPS) is 18.9. The molecule has 0 aliphatic carbocycles. The Morgan fingerprint density at radius 3 is 2.59 bits per heavy atom. The van der Waals surface area contributed by atoms with Gasteiger partial charge in [0.05, 0.1) is 30.2 Å². The summed E-state index contributed by atoms with van der Waals surface area (Å²) in [5.41, 5.74) is -0.293. The van der Waals surface area contributed by atoms with E-state index in [2.05, 4.69) is 0 Å². The molecule has 0 spiro atoms. The van der Waals surface area contributed by atoms with E-state index in [-0.39, 0.29) is 36.7 Å². The Morgan fingerprint density at radius 1 is 1.16 bits per heavy atom. The molecule has 2 heterocycles. The Balaban J connectivity index is 1.53. The number of benzene rings is 2. The number of halogens is 1. The molecule has 2 aliphatic heterocycles. The summed E-state index contributed by atoms with van der Waals surface area (Å²) < 4.78 is 58.5. The van der Waals surface area contributed by atoms with Crippen LogP contribution in [0.15, 0.2) is 47.4 Å². The molecule has 1 saturated heterocycles. The zero-order chi connectivity index (χ0) is 22.7. The Labute approximate surface area is 186 Å². The van der Waals surface area contributed by atoms with Crippen molar-refractivity contribution in [1.29, 1.82) is 0 Å². The fourth-order valence-electron chi connectivity index (χ4n) is 3.69. The molecule has 2 aromatic rings. The number of likely N-dealkylation sites (N-methyl/N-ethyl adjacent to an activating group) is 1. The molecule has 1 fully saturated rings. The second-order valence-corrected chi connectivity index (χ2v) is 9.44. The first-order valence-corrected chi connectivity index (χ1v) is 11.9. The molecule has 0 aromatic heterocycles. The number of carbonyl (C=O) groups is 1. The van der Waals surface area contributed by atoms with E-state index >= 15 is 0 Å². The molecule has 0 radical (unpaired) electrons. The first-order valence-electron chi connectivity index (χ1n) is 10.5. The van der Waals surface area contributed by atoms with Crippen molar-refractivity contribution >= 4 is 15.9 Å². The smallest absolute Gasteiger partial charge is 0.256 e. The highest BCUT2D eigenvalue weighted by Crippen LogP contribution is 2.31. The summed E-state index contributed by atoms with van der Waals surface area (Å²) >= 11 is 0. The van der Waals surface area contributed by atoms with Crippen LogP contribution in [0.25, 0.3) is 0 Å². The van der Waals surface area contributed by atoms with Gasteiger partial charge < -0.3 is 19.1 Å². The summed E-state index contributed by atoms with van der Waals surface area (Å²) in [6.07, 6.45) is -0.433. The van der Waals surface area contributed by atoms with E-state index in [9.17, 15) is 17.6 Å². The van der Waals surface area contributed by atoms with Gasteiger partial charge in [-0.05, 0) is 37.3 Å². The van der Waals surface area contributed by atoms with Crippen molar-refractivity contribution in [2.45, 2.75) is 17.9 Å². The van der Waals surface area contributed by atoms with Crippen molar-refractivity contribution in [3.8, 4) is 11.5 Å². The Kier molecular flexibility index (Phi) is 6.63. The minimum atomic E-state index is -3.86. The third-order valence-corrected chi connectivity index (χ3v) is 7.33. The molecule has 0 N–H and O–H groups in total. The predicted molar refractivity (Wildman–Crippen MR) is 114 cm³/mol. The van der Waals surface area contributed by atoms with Crippen molar-refractivity contribution in [2.24, 2.45) is 0 Å². The first kappa shape index (κ1) is 22.5. The lowest BCUT2D eigenvalue weighted by Crippen LogP contribution is -2.44. The van der Waals surface area contributed by atoms with Crippen molar-refractivity contribution in [3.05, 3.63) is 53.8 Å². The van der Waals surface area contributed by atoms with E-state index in [4.69, 9.17) is 14.2 Å². The van der Waals surface area contributed by atoms with Gasteiger partial charge >= 0.3 is 0 Å². The minimum Gasteiger partial charge on any atom is -0.486 e. The number of hydrogen-bond acceptors (Lipinski definition) is 6. The lowest BCUT2D eigenvalue weighted by molar-refractivity contribution is 0.0472. The summed E-state index contributed by atoms with van der Waals surface area (Å²) in [6, 6.07) is 10.5. The highest BCUT2D eigenvalue weighted by molar-refractivity contribution is 7.89. The van der Waals surface area contributed by atoms with Gasteiger partial charge in [0.25, 0.3) is 5.91 Å². The molecule has 1 amide bonds. The van der Waals surface area contributed by atoms with Crippen molar-refractivity contribution in [2.75, 3.05) is 46.0 Å². The maximum absolute atomic E-state index is 14.6. The number of rotatable bonds is 6. The fraction of sp³-hybridized carbons (Fsp3) is 0.409. The van der Waals surface area contributed by atoms with Gasteiger partial charge in [0.1, 0.15) is 12.4 Å². The molecule has 1 unspecified atom stereocenters. The minimum absolute atomic E-state index is 0.119. The Morgan fingerprint density at radius 2 is 1.88 bits per heavy atom.